The smallest absolute Gasteiger partial charge is 0.349 e. The van der Waals surface area contributed by atoms with Gasteiger partial charge >= 0.3 is 17.6 Å². The van der Waals surface area contributed by atoms with Crippen molar-refractivity contribution in [2.75, 3.05) is 19.5 Å². The van der Waals surface area contributed by atoms with Crippen molar-refractivity contribution in [1.82, 2.24) is 0 Å². The first-order valence-corrected chi connectivity index (χ1v) is 8.09. The molecule has 0 saturated carbocycles. The quantitative estimate of drug-likeness (QED) is 0.408. The Balaban J connectivity index is 2.25. The molecule has 0 radical (unpaired) electrons. The molecule has 2 aromatic carbocycles. The van der Waals surface area contributed by atoms with Gasteiger partial charge in [-0.2, -0.15) is 0 Å². The van der Waals surface area contributed by atoms with Crippen LogP contribution in [0.25, 0.3) is 11.0 Å². The molecule has 0 fully saturated rings. The number of carbonyl (C=O) groups excluding carboxylic acids is 3. The average Bonchev–Trinajstić information content (AvgIpc) is 2.72. The molecule has 0 unspecified atom stereocenters. The number of benzene rings is 2. The molecule has 0 amide bonds. The first kappa shape index (κ1) is 18.8. The number of rotatable bonds is 5. The molecule has 0 aliphatic carbocycles. The summed E-state index contributed by atoms with van der Waals surface area (Å²) in [5.41, 5.74) is -0.258. The highest BCUT2D eigenvalue weighted by Crippen LogP contribution is 2.30. The Kier molecular flexibility index (Phi) is 5.21. The maximum atomic E-state index is 12.2. The van der Waals surface area contributed by atoms with Crippen LogP contribution in [0.2, 0.25) is 0 Å². The van der Waals surface area contributed by atoms with Crippen LogP contribution in [0.1, 0.15) is 31.1 Å². The van der Waals surface area contributed by atoms with E-state index < -0.39 is 17.6 Å². The second-order valence-electron chi connectivity index (χ2n) is 5.66. The number of esters is 2. The summed E-state index contributed by atoms with van der Waals surface area (Å²) in [4.78, 5) is 47.7. The van der Waals surface area contributed by atoms with E-state index in [0.717, 1.165) is 0 Å². The van der Waals surface area contributed by atoms with Gasteiger partial charge in [-0.15, -0.1) is 0 Å². The number of hydrogen-bond donors (Lipinski definition) is 1. The van der Waals surface area contributed by atoms with Crippen molar-refractivity contribution in [2.45, 2.75) is 0 Å². The maximum Gasteiger partial charge on any atom is 0.349 e. The van der Waals surface area contributed by atoms with Crippen LogP contribution >= 0.6 is 0 Å². The summed E-state index contributed by atoms with van der Waals surface area (Å²) in [5, 5.41) is 3.36. The number of hydrogen-bond acceptors (Lipinski definition) is 8. The van der Waals surface area contributed by atoms with E-state index in [1.54, 1.807) is 24.3 Å². The van der Waals surface area contributed by atoms with Gasteiger partial charge in [0, 0.05) is 5.39 Å². The third-order valence-corrected chi connectivity index (χ3v) is 4.07. The lowest BCUT2D eigenvalue weighted by Gasteiger charge is -2.15. The van der Waals surface area contributed by atoms with E-state index in [2.05, 4.69) is 5.32 Å². The summed E-state index contributed by atoms with van der Waals surface area (Å²) >= 11 is 0. The summed E-state index contributed by atoms with van der Waals surface area (Å²) in [6.07, 6.45) is 0.364. The van der Waals surface area contributed by atoms with Crippen molar-refractivity contribution in [3.05, 3.63) is 69.6 Å². The molecule has 8 heteroatoms. The lowest BCUT2D eigenvalue weighted by atomic mass is 10.1. The number of ether oxygens (including phenoxy) is 2. The zero-order chi connectivity index (χ0) is 20.3. The molecular weight excluding hydrogens is 366 g/mol. The number of anilines is 2. The van der Waals surface area contributed by atoms with Gasteiger partial charge in [-0.1, -0.05) is 12.1 Å². The molecule has 1 aromatic heterocycles. The fourth-order valence-electron chi connectivity index (χ4n) is 2.72. The molecule has 0 atom stereocenters. The van der Waals surface area contributed by atoms with Gasteiger partial charge in [-0.25, -0.2) is 14.4 Å². The molecule has 28 heavy (non-hydrogen) atoms. The molecule has 0 bridgehead atoms. The average molecular weight is 381 g/mol. The summed E-state index contributed by atoms with van der Waals surface area (Å²) in [5.74, 6) is -1.29. The predicted molar refractivity (Wildman–Crippen MR) is 100 cm³/mol. The third-order valence-electron chi connectivity index (χ3n) is 4.07. The molecular formula is C20H15NO7. The second kappa shape index (κ2) is 7.75. The van der Waals surface area contributed by atoms with Gasteiger partial charge < -0.3 is 19.2 Å². The van der Waals surface area contributed by atoms with Gasteiger partial charge in [0.05, 0.1) is 36.7 Å². The van der Waals surface area contributed by atoms with Crippen molar-refractivity contribution >= 4 is 40.6 Å². The van der Waals surface area contributed by atoms with Crippen molar-refractivity contribution in [1.29, 1.82) is 0 Å². The molecule has 0 aliphatic rings. The second-order valence-corrected chi connectivity index (χ2v) is 5.66. The summed E-state index contributed by atoms with van der Waals surface area (Å²) in [7, 11) is 2.44. The number of carbonyl (C=O) groups is 3. The summed E-state index contributed by atoms with van der Waals surface area (Å²) < 4.78 is 14.6. The van der Waals surface area contributed by atoms with Crippen molar-refractivity contribution in [3.8, 4) is 0 Å². The van der Waals surface area contributed by atoms with Gasteiger partial charge in [0.1, 0.15) is 11.1 Å². The van der Waals surface area contributed by atoms with E-state index >= 15 is 0 Å². The van der Waals surface area contributed by atoms with Crippen LogP contribution in [-0.2, 0) is 9.47 Å². The molecule has 8 nitrogen and oxygen atoms in total. The lowest BCUT2D eigenvalue weighted by Crippen LogP contribution is -2.13. The molecule has 0 saturated heterocycles. The molecule has 0 spiro atoms. The van der Waals surface area contributed by atoms with E-state index in [0.29, 0.717) is 11.7 Å². The molecule has 0 aliphatic heterocycles. The third kappa shape index (κ3) is 3.35. The van der Waals surface area contributed by atoms with Gasteiger partial charge in [-0.05, 0) is 30.3 Å². The van der Waals surface area contributed by atoms with Gasteiger partial charge in [0.15, 0.2) is 6.29 Å². The van der Waals surface area contributed by atoms with Gasteiger partial charge in [0.2, 0.25) is 0 Å². The van der Waals surface area contributed by atoms with Crippen molar-refractivity contribution < 1.29 is 28.3 Å². The van der Waals surface area contributed by atoms with Gasteiger partial charge in [0.25, 0.3) is 0 Å². The maximum absolute atomic E-state index is 12.2. The zero-order valence-electron chi connectivity index (χ0n) is 15.0. The Bertz CT molecular complexity index is 1150. The number of para-hydroxylation sites is 1. The zero-order valence-corrected chi connectivity index (χ0v) is 15.0. The van der Waals surface area contributed by atoms with Crippen LogP contribution in [0.3, 0.4) is 0 Å². The van der Waals surface area contributed by atoms with Gasteiger partial charge in [-0.3, -0.25) is 4.79 Å². The van der Waals surface area contributed by atoms with Crippen LogP contribution < -0.4 is 10.9 Å². The number of aldehydes is 1. The summed E-state index contributed by atoms with van der Waals surface area (Å²) in [6, 6.07) is 10.8. The normalized spacial score (nSPS) is 10.4. The minimum absolute atomic E-state index is 0.101. The highest BCUT2D eigenvalue weighted by atomic mass is 16.5. The molecule has 1 heterocycles. The molecule has 142 valence electrons. The Morgan fingerprint density at radius 2 is 1.75 bits per heavy atom. The Morgan fingerprint density at radius 1 is 1.04 bits per heavy atom. The SMILES string of the molecule is COC(=O)c1ccc(C(=O)OC)c(Nc2c(C=O)c(=O)oc3ccccc23)c1. The molecule has 3 rings (SSSR count). The highest BCUT2D eigenvalue weighted by Gasteiger charge is 2.19. The minimum atomic E-state index is -0.833. The standard InChI is InChI=1S/C20H15NO7/c1-26-18(23)11-7-8-12(19(24)27-2)15(9-11)21-17-13-5-3-4-6-16(13)28-20(25)14(17)10-22/h3-10,21H,1-2H3. The fourth-order valence-corrected chi connectivity index (χ4v) is 2.72. The van der Waals surface area contributed by atoms with E-state index in [-0.39, 0.29) is 33.6 Å². The topological polar surface area (TPSA) is 112 Å². The highest BCUT2D eigenvalue weighted by molar-refractivity contribution is 6.04. The van der Waals surface area contributed by atoms with Crippen LogP contribution in [0.15, 0.2) is 51.7 Å². The Hall–Kier alpha value is -3.94. The number of nitrogens with one attached hydrogen (secondary N) is 1. The number of methoxy groups -OCH3 is 2. The van der Waals surface area contributed by atoms with Crippen LogP contribution in [0.4, 0.5) is 11.4 Å². The lowest BCUT2D eigenvalue weighted by molar-refractivity contribution is 0.0587. The van der Waals surface area contributed by atoms with Crippen molar-refractivity contribution in [3.63, 3.8) is 0 Å². The van der Waals surface area contributed by atoms with E-state index in [9.17, 15) is 19.2 Å². The largest absolute Gasteiger partial charge is 0.465 e. The Labute approximate surface area is 158 Å². The first-order chi connectivity index (χ1) is 13.5. The number of fused-ring (bicyclic) bond motifs is 1. The van der Waals surface area contributed by atoms with E-state index in [1.165, 1.54) is 32.4 Å². The fraction of sp³-hybridized carbons (Fsp3) is 0.100. The van der Waals surface area contributed by atoms with Crippen LogP contribution in [-0.4, -0.2) is 32.4 Å². The first-order valence-electron chi connectivity index (χ1n) is 8.09. The Morgan fingerprint density at radius 3 is 2.43 bits per heavy atom. The van der Waals surface area contributed by atoms with Crippen LogP contribution in [0, 0.1) is 0 Å². The van der Waals surface area contributed by atoms with E-state index in [4.69, 9.17) is 13.9 Å². The van der Waals surface area contributed by atoms with Crippen molar-refractivity contribution in [2.24, 2.45) is 0 Å². The minimum Gasteiger partial charge on any atom is -0.465 e. The van der Waals surface area contributed by atoms with E-state index in [1.807, 2.05) is 0 Å². The summed E-state index contributed by atoms with van der Waals surface area (Å²) in [6.45, 7) is 0. The van der Waals surface area contributed by atoms with Crippen LogP contribution in [0.5, 0.6) is 0 Å². The monoisotopic (exact) mass is 381 g/mol. The predicted octanol–water partition coefficient (Wildman–Crippen LogP) is 2.92. The molecule has 1 N–H and O–H groups in total. The molecule has 3 aromatic rings.